The molecule has 3 aromatic heterocycles. The van der Waals surface area contributed by atoms with E-state index in [1.807, 2.05) is 28.2 Å². The number of imidazole rings is 1. The van der Waals surface area contributed by atoms with Crippen molar-refractivity contribution in [1.82, 2.24) is 14.4 Å². The number of hydrogen-bond donors (Lipinski definition) is 1. The van der Waals surface area contributed by atoms with E-state index in [1.165, 1.54) is 28.7 Å². The minimum absolute atomic E-state index is 0.155. The van der Waals surface area contributed by atoms with E-state index in [0.29, 0.717) is 17.1 Å². The van der Waals surface area contributed by atoms with Crippen LogP contribution in [0.1, 0.15) is 21.7 Å². The maximum absolute atomic E-state index is 13.6. The van der Waals surface area contributed by atoms with Gasteiger partial charge in [0.25, 0.3) is 0 Å². The quantitative estimate of drug-likeness (QED) is 0.562. The smallest absolute Gasteiger partial charge is 0.232 e. The number of rotatable bonds is 5. The summed E-state index contributed by atoms with van der Waals surface area (Å²) in [6.07, 6.45) is 6.26. The van der Waals surface area contributed by atoms with Gasteiger partial charge in [0.15, 0.2) is 10.1 Å². The topological polar surface area (TPSA) is 59.3 Å². The van der Waals surface area contributed by atoms with Gasteiger partial charge in [-0.1, -0.05) is 12.1 Å². The summed E-state index contributed by atoms with van der Waals surface area (Å²) in [6, 6.07) is 5.21. The molecule has 0 radical (unpaired) electrons. The Balaban J connectivity index is 1.38. The second kappa shape index (κ2) is 6.97. The lowest BCUT2D eigenvalue weighted by Gasteiger charge is -2.01. The van der Waals surface area contributed by atoms with Gasteiger partial charge in [-0.25, -0.2) is 14.4 Å². The molecule has 3 heterocycles. The maximum atomic E-state index is 13.6. The fourth-order valence-corrected chi connectivity index (χ4v) is 4.17. The zero-order chi connectivity index (χ0) is 18.1. The maximum Gasteiger partial charge on any atom is 0.232 e. The fraction of sp³-hybridized carbons (Fsp3) is 0.167. The second-order valence-electron chi connectivity index (χ2n) is 5.94. The number of nitrogens with zero attached hydrogens (tertiary/aromatic N) is 3. The molecule has 0 aliphatic rings. The van der Waals surface area contributed by atoms with Gasteiger partial charge in [0.1, 0.15) is 5.82 Å². The number of benzene rings is 1. The zero-order valence-corrected chi connectivity index (χ0v) is 15.5. The van der Waals surface area contributed by atoms with Crippen LogP contribution in [0.5, 0.6) is 0 Å². The van der Waals surface area contributed by atoms with Gasteiger partial charge in [0.05, 0.1) is 12.1 Å². The molecule has 5 nitrogen and oxygen atoms in total. The van der Waals surface area contributed by atoms with Gasteiger partial charge in [-0.15, -0.1) is 22.7 Å². The predicted octanol–water partition coefficient (Wildman–Crippen LogP) is 4.07. The minimum Gasteiger partial charge on any atom is -0.302 e. The number of amides is 1. The van der Waals surface area contributed by atoms with Crippen LogP contribution in [0.3, 0.4) is 0 Å². The van der Waals surface area contributed by atoms with Crippen LogP contribution in [-0.2, 0) is 17.6 Å². The van der Waals surface area contributed by atoms with E-state index < -0.39 is 0 Å². The van der Waals surface area contributed by atoms with E-state index in [0.717, 1.165) is 21.1 Å². The SMILES string of the molecule is Cc1ccc(Cc2cnc(NC(=O)Cc3cn4ccsc4n3)s2)cc1F. The highest BCUT2D eigenvalue weighted by atomic mass is 32.1. The summed E-state index contributed by atoms with van der Waals surface area (Å²) >= 11 is 2.92. The van der Waals surface area contributed by atoms with Gasteiger partial charge < -0.3 is 5.32 Å². The highest BCUT2D eigenvalue weighted by Gasteiger charge is 2.11. The number of carbonyl (C=O) groups excluding carboxylic acids is 1. The highest BCUT2D eigenvalue weighted by molar-refractivity contribution is 7.15. The van der Waals surface area contributed by atoms with Crippen LogP contribution < -0.4 is 5.32 Å². The van der Waals surface area contributed by atoms with Crippen molar-refractivity contribution >= 4 is 38.7 Å². The van der Waals surface area contributed by atoms with E-state index in [-0.39, 0.29) is 18.1 Å². The van der Waals surface area contributed by atoms with Crippen molar-refractivity contribution in [3.63, 3.8) is 0 Å². The second-order valence-corrected chi connectivity index (χ2v) is 7.93. The number of aromatic nitrogens is 3. The molecule has 132 valence electrons. The number of anilines is 1. The lowest BCUT2D eigenvalue weighted by atomic mass is 10.1. The average molecular weight is 386 g/mol. The molecule has 8 heteroatoms. The molecule has 0 aliphatic carbocycles. The predicted molar refractivity (Wildman–Crippen MR) is 101 cm³/mol. The molecule has 0 atom stereocenters. The number of aryl methyl sites for hydroxylation is 1. The number of hydrogen-bond acceptors (Lipinski definition) is 5. The van der Waals surface area contributed by atoms with Crippen LogP contribution in [0.4, 0.5) is 9.52 Å². The number of thiazole rings is 2. The number of carbonyl (C=O) groups is 1. The lowest BCUT2D eigenvalue weighted by Crippen LogP contribution is -2.14. The van der Waals surface area contributed by atoms with Crippen LogP contribution in [-0.4, -0.2) is 20.3 Å². The Morgan fingerprint density at radius 2 is 2.27 bits per heavy atom. The van der Waals surface area contributed by atoms with E-state index in [4.69, 9.17) is 0 Å². The summed E-state index contributed by atoms with van der Waals surface area (Å²) in [5.74, 6) is -0.362. The molecule has 0 fully saturated rings. The summed E-state index contributed by atoms with van der Waals surface area (Å²) in [4.78, 5) is 22.7. The Morgan fingerprint density at radius 1 is 1.38 bits per heavy atom. The summed E-state index contributed by atoms with van der Waals surface area (Å²) in [7, 11) is 0. The molecule has 4 rings (SSSR count). The van der Waals surface area contributed by atoms with Gasteiger partial charge in [0, 0.05) is 35.3 Å². The van der Waals surface area contributed by atoms with E-state index in [1.54, 1.807) is 19.2 Å². The standard InChI is InChI=1S/C18H15FN4OS2/c1-11-2-3-12(7-15(11)19)6-14-9-20-17(26-14)22-16(24)8-13-10-23-4-5-25-18(23)21-13/h2-5,7,9-10H,6,8H2,1H3,(H,20,22,24). The Hall–Kier alpha value is -2.58. The van der Waals surface area contributed by atoms with Gasteiger partial charge in [-0.05, 0) is 24.1 Å². The first-order chi connectivity index (χ1) is 12.6. The van der Waals surface area contributed by atoms with Crippen molar-refractivity contribution in [3.05, 3.63) is 69.7 Å². The Kier molecular flexibility index (Phi) is 4.52. The molecule has 0 saturated carbocycles. The zero-order valence-electron chi connectivity index (χ0n) is 13.9. The third-order valence-electron chi connectivity index (χ3n) is 3.90. The van der Waals surface area contributed by atoms with Crippen LogP contribution in [0.2, 0.25) is 0 Å². The Labute approximate surface area is 157 Å². The van der Waals surface area contributed by atoms with Crippen LogP contribution in [0.25, 0.3) is 4.96 Å². The van der Waals surface area contributed by atoms with Crippen LogP contribution in [0, 0.1) is 12.7 Å². The highest BCUT2D eigenvalue weighted by Crippen LogP contribution is 2.22. The molecule has 4 aromatic rings. The van der Waals surface area contributed by atoms with E-state index in [2.05, 4.69) is 15.3 Å². The van der Waals surface area contributed by atoms with Gasteiger partial charge in [-0.3, -0.25) is 9.20 Å². The average Bonchev–Trinajstić information content (AvgIpc) is 3.28. The number of halogens is 1. The normalized spacial score (nSPS) is 11.2. The third kappa shape index (κ3) is 3.66. The van der Waals surface area contributed by atoms with Crippen molar-refractivity contribution < 1.29 is 9.18 Å². The Bertz CT molecular complexity index is 1050. The van der Waals surface area contributed by atoms with Crippen LogP contribution >= 0.6 is 22.7 Å². The molecular weight excluding hydrogens is 371 g/mol. The summed E-state index contributed by atoms with van der Waals surface area (Å²) in [6.45, 7) is 1.74. The van der Waals surface area contributed by atoms with E-state index in [9.17, 15) is 9.18 Å². The van der Waals surface area contributed by atoms with E-state index >= 15 is 0 Å². The summed E-state index contributed by atoms with van der Waals surface area (Å²) in [5.41, 5.74) is 2.24. The fourth-order valence-electron chi connectivity index (χ4n) is 2.58. The van der Waals surface area contributed by atoms with Crippen molar-refractivity contribution in [2.24, 2.45) is 0 Å². The molecule has 0 bridgehead atoms. The Morgan fingerprint density at radius 3 is 3.08 bits per heavy atom. The first kappa shape index (κ1) is 16.9. The molecule has 1 N–H and O–H groups in total. The number of nitrogens with one attached hydrogen (secondary N) is 1. The lowest BCUT2D eigenvalue weighted by molar-refractivity contribution is -0.115. The molecule has 26 heavy (non-hydrogen) atoms. The molecule has 0 spiro atoms. The first-order valence-corrected chi connectivity index (χ1v) is 9.67. The third-order valence-corrected chi connectivity index (χ3v) is 5.58. The van der Waals surface area contributed by atoms with Crippen molar-refractivity contribution in [1.29, 1.82) is 0 Å². The minimum atomic E-state index is -0.208. The first-order valence-electron chi connectivity index (χ1n) is 7.97. The van der Waals surface area contributed by atoms with Crippen molar-refractivity contribution in [2.45, 2.75) is 19.8 Å². The van der Waals surface area contributed by atoms with Crippen molar-refractivity contribution in [3.8, 4) is 0 Å². The van der Waals surface area contributed by atoms with Gasteiger partial charge in [-0.2, -0.15) is 0 Å². The molecule has 0 unspecified atom stereocenters. The van der Waals surface area contributed by atoms with Crippen molar-refractivity contribution in [2.75, 3.05) is 5.32 Å². The molecular formula is C18H15FN4OS2. The molecule has 0 saturated heterocycles. The van der Waals surface area contributed by atoms with Gasteiger partial charge >= 0.3 is 0 Å². The summed E-state index contributed by atoms with van der Waals surface area (Å²) < 4.78 is 15.5. The van der Waals surface area contributed by atoms with Gasteiger partial charge in [0.2, 0.25) is 5.91 Å². The number of fused-ring (bicyclic) bond motifs is 1. The summed E-state index contributed by atoms with van der Waals surface area (Å²) in [5, 5.41) is 5.29. The van der Waals surface area contributed by atoms with Crippen LogP contribution in [0.15, 0.2) is 42.2 Å². The molecule has 0 aliphatic heterocycles. The monoisotopic (exact) mass is 386 g/mol. The largest absolute Gasteiger partial charge is 0.302 e. The molecule has 1 aromatic carbocycles. The molecule has 1 amide bonds.